The van der Waals surface area contributed by atoms with Crippen LogP contribution in [-0.2, 0) is 17.9 Å². The van der Waals surface area contributed by atoms with E-state index in [2.05, 4.69) is 36.5 Å². The number of hydrogen-bond acceptors (Lipinski definition) is 4. The van der Waals surface area contributed by atoms with Gasteiger partial charge in [0.2, 0.25) is 0 Å². The minimum atomic E-state index is 0.0469. The van der Waals surface area contributed by atoms with Crippen LogP contribution in [0.1, 0.15) is 16.7 Å². The van der Waals surface area contributed by atoms with Gasteiger partial charge in [0.15, 0.2) is 0 Å². The molecule has 2 aromatic rings. The fourth-order valence-corrected chi connectivity index (χ4v) is 2.40. The maximum atomic E-state index is 8.66. The summed E-state index contributed by atoms with van der Waals surface area (Å²) >= 11 is 6.10. The molecule has 0 aromatic heterocycles. The summed E-state index contributed by atoms with van der Waals surface area (Å²) in [5.74, 6) is 0.823. The zero-order valence-electron chi connectivity index (χ0n) is 13.9. The molecule has 0 aliphatic rings. The topological polar surface area (TPSA) is 50.7 Å². The molecule has 130 valence electrons. The first kappa shape index (κ1) is 18.7. The number of aliphatic hydroxyl groups is 1. The zero-order valence-corrected chi connectivity index (χ0v) is 14.7. The Morgan fingerprint density at radius 3 is 2.62 bits per heavy atom. The van der Waals surface area contributed by atoms with E-state index in [9.17, 15) is 0 Å². The van der Waals surface area contributed by atoms with Gasteiger partial charge in [-0.2, -0.15) is 0 Å². The molecular formula is C19H24ClNO3. The lowest BCUT2D eigenvalue weighted by Crippen LogP contribution is -2.20. The quantitative estimate of drug-likeness (QED) is 0.646. The summed E-state index contributed by atoms with van der Waals surface area (Å²) in [5.41, 5.74) is 3.38. The van der Waals surface area contributed by atoms with E-state index in [-0.39, 0.29) is 6.61 Å². The van der Waals surface area contributed by atoms with Crippen molar-refractivity contribution < 1.29 is 14.6 Å². The van der Waals surface area contributed by atoms with Crippen LogP contribution in [0.25, 0.3) is 0 Å². The molecule has 5 heteroatoms. The van der Waals surface area contributed by atoms with Crippen LogP contribution < -0.4 is 10.1 Å². The first-order chi connectivity index (χ1) is 11.7. The highest BCUT2D eigenvalue weighted by Gasteiger charge is 2.05. The van der Waals surface area contributed by atoms with Crippen LogP contribution in [0.3, 0.4) is 0 Å². The Balaban J connectivity index is 1.88. The van der Waals surface area contributed by atoms with Gasteiger partial charge in [0.05, 0.1) is 19.8 Å². The molecule has 0 aliphatic heterocycles. The van der Waals surface area contributed by atoms with E-state index in [4.69, 9.17) is 26.2 Å². The van der Waals surface area contributed by atoms with E-state index >= 15 is 0 Å². The Morgan fingerprint density at radius 2 is 1.88 bits per heavy atom. The zero-order chi connectivity index (χ0) is 17.2. The monoisotopic (exact) mass is 349 g/mol. The molecule has 0 saturated carbocycles. The Bertz CT molecular complexity index is 617. The average Bonchev–Trinajstić information content (AvgIpc) is 2.58. The van der Waals surface area contributed by atoms with Gasteiger partial charge >= 0.3 is 0 Å². The predicted molar refractivity (Wildman–Crippen MR) is 96.6 cm³/mol. The van der Waals surface area contributed by atoms with Crippen LogP contribution in [0.15, 0.2) is 42.5 Å². The summed E-state index contributed by atoms with van der Waals surface area (Å²) in [6.45, 7) is 4.90. The molecule has 0 atom stereocenters. The molecule has 0 aliphatic carbocycles. The first-order valence-electron chi connectivity index (χ1n) is 8.05. The van der Waals surface area contributed by atoms with Crippen molar-refractivity contribution in [1.82, 2.24) is 5.32 Å². The van der Waals surface area contributed by atoms with Crippen molar-refractivity contribution in [3.05, 3.63) is 64.2 Å². The number of ether oxygens (including phenoxy) is 2. The smallest absolute Gasteiger partial charge is 0.124 e. The molecule has 0 radical (unpaired) electrons. The van der Waals surface area contributed by atoms with Gasteiger partial charge in [-0.3, -0.25) is 0 Å². The highest BCUT2D eigenvalue weighted by molar-refractivity contribution is 6.30. The number of hydrogen-bond donors (Lipinski definition) is 2. The maximum Gasteiger partial charge on any atom is 0.124 e. The number of rotatable bonds is 10. The van der Waals surface area contributed by atoms with Crippen LogP contribution in [-0.4, -0.2) is 31.5 Å². The number of nitrogens with one attached hydrogen (secondary N) is 1. The second kappa shape index (κ2) is 10.3. The van der Waals surface area contributed by atoms with Crippen LogP contribution in [0.2, 0.25) is 5.02 Å². The summed E-state index contributed by atoms with van der Waals surface area (Å²) in [4.78, 5) is 0. The van der Waals surface area contributed by atoms with Gasteiger partial charge in [-0.05, 0) is 30.7 Å². The van der Waals surface area contributed by atoms with E-state index < -0.39 is 0 Å². The Labute approximate surface area is 148 Å². The third kappa shape index (κ3) is 6.49. The van der Waals surface area contributed by atoms with Gasteiger partial charge in [-0.25, -0.2) is 0 Å². The second-order valence-corrected chi connectivity index (χ2v) is 5.98. The lowest BCUT2D eigenvalue weighted by Gasteiger charge is -2.13. The second-order valence-electron chi connectivity index (χ2n) is 5.54. The highest BCUT2D eigenvalue weighted by atomic mass is 35.5. The molecule has 0 spiro atoms. The van der Waals surface area contributed by atoms with Gasteiger partial charge in [-0.1, -0.05) is 41.4 Å². The van der Waals surface area contributed by atoms with E-state index in [1.54, 1.807) is 0 Å². The highest BCUT2D eigenvalue weighted by Crippen LogP contribution is 2.24. The van der Waals surface area contributed by atoms with E-state index in [1.807, 2.05) is 18.2 Å². The Kier molecular flexibility index (Phi) is 8.05. The van der Waals surface area contributed by atoms with Gasteiger partial charge in [0, 0.05) is 23.7 Å². The molecule has 24 heavy (non-hydrogen) atoms. The summed E-state index contributed by atoms with van der Waals surface area (Å²) in [7, 11) is 0. The SMILES string of the molecule is Cc1ccc(COc2ccc(Cl)cc2CNCCOCCO)cc1. The molecule has 0 bridgehead atoms. The lowest BCUT2D eigenvalue weighted by molar-refractivity contribution is 0.0937. The largest absolute Gasteiger partial charge is 0.489 e. The third-order valence-electron chi connectivity index (χ3n) is 3.51. The number of halogens is 1. The van der Waals surface area contributed by atoms with Gasteiger partial charge in [-0.15, -0.1) is 0 Å². The van der Waals surface area contributed by atoms with E-state index in [0.717, 1.165) is 16.9 Å². The molecule has 2 rings (SSSR count). The van der Waals surface area contributed by atoms with Crippen LogP contribution >= 0.6 is 11.6 Å². The van der Waals surface area contributed by atoms with Crippen molar-refractivity contribution in [3.8, 4) is 5.75 Å². The van der Waals surface area contributed by atoms with Crippen LogP contribution in [0, 0.1) is 6.92 Å². The summed E-state index contributed by atoms with van der Waals surface area (Å²) in [5, 5.41) is 12.6. The van der Waals surface area contributed by atoms with Crippen molar-refractivity contribution in [2.24, 2.45) is 0 Å². The molecule has 4 nitrogen and oxygen atoms in total. The molecular weight excluding hydrogens is 326 g/mol. The summed E-state index contributed by atoms with van der Waals surface area (Å²) in [6.07, 6.45) is 0. The predicted octanol–water partition coefficient (Wildman–Crippen LogP) is 3.33. The van der Waals surface area contributed by atoms with Gasteiger partial charge in [0.1, 0.15) is 12.4 Å². The summed E-state index contributed by atoms with van der Waals surface area (Å²) in [6, 6.07) is 13.9. The van der Waals surface area contributed by atoms with Crippen molar-refractivity contribution in [1.29, 1.82) is 0 Å². The van der Waals surface area contributed by atoms with E-state index in [0.29, 0.717) is 37.9 Å². The lowest BCUT2D eigenvalue weighted by atomic mass is 10.1. The fraction of sp³-hybridized carbons (Fsp3) is 0.368. The first-order valence-corrected chi connectivity index (χ1v) is 8.43. The summed E-state index contributed by atoms with van der Waals surface area (Å²) < 4.78 is 11.2. The van der Waals surface area contributed by atoms with Crippen molar-refractivity contribution in [2.45, 2.75) is 20.1 Å². The minimum Gasteiger partial charge on any atom is -0.489 e. The molecule has 2 aromatic carbocycles. The molecule has 0 heterocycles. The molecule has 0 saturated heterocycles. The van der Waals surface area contributed by atoms with Gasteiger partial charge in [0.25, 0.3) is 0 Å². The Hall–Kier alpha value is -1.59. The van der Waals surface area contributed by atoms with Crippen molar-refractivity contribution in [2.75, 3.05) is 26.4 Å². The minimum absolute atomic E-state index is 0.0469. The third-order valence-corrected chi connectivity index (χ3v) is 3.75. The molecule has 2 N–H and O–H groups in total. The van der Waals surface area contributed by atoms with Crippen molar-refractivity contribution in [3.63, 3.8) is 0 Å². The number of aliphatic hydroxyl groups excluding tert-OH is 1. The van der Waals surface area contributed by atoms with Gasteiger partial charge < -0.3 is 19.9 Å². The van der Waals surface area contributed by atoms with Crippen LogP contribution in [0.4, 0.5) is 0 Å². The average molecular weight is 350 g/mol. The number of aryl methyl sites for hydroxylation is 1. The molecule has 0 fully saturated rings. The fourth-order valence-electron chi connectivity index (χ4n) is 2.21. The van der Waals surface area contributed by atoms with E-state index in [1.165, 1.54) is 5.56 Å². The normalized spacial score (nSPS) is 10.8. The number of benzene rings is 2. The molecule has 0 unspecified atom stereocenters. The van der Waals surface area contributed by atoms with Crippen LogP contribution in [0.5, 0.6) is 5.75 Å². The standard InChI is InChI=1S/C19H24ClNO3/c1-15-2-4-16(5-3-15)14-24-19-7-6-18(20)12-17(19)13-21-8-10-23-11-9-22/h2-7,12,21-22H,8-11,13-14H2,1H3. The van der Waals surface area contributed by atoms with Crippen molar-refractivity contribution >= 4 is 11.6 Å². The maximum absolute atomic E-state index is 8.66. The Morgan fingerprint density at radius 1 is 1.08 bits per heavy atom. The molecule has 0 amide bonds.